The second-order valence-corrected chi connectivity index (χ2v) is 9.37. The first-order valence-electron chi connectivity index (χ1n) is 12.9. The van der Waals surface area contributed by atoms with Crippen LogP contribution >= 0.6 is 0 Å². The van der Waals surface area contributed by atoms with Crippen LogP contribution in [0.15, 0.2) is 36.7 Å². The van der Waals surface area contributed by atoms with Gasteiger partial charge in [0, 0.05) is 18.0 Å². The van der Waals surface area contributed by atoms with Crippen LogP contribution in [0.5, 0.6) is 0 Å². The van der Waals surface area contributed by atoms with Gasteiger partial charge in [-0.2, -0.15) is 0 Å². The second kappa shape index (κ2) is 13.4. The van der Waals surface area contributed by atoms with Gasteiger partial charge in [-0.05, 0) is 62.0 Å². The predicted molar refractivity (Wildman–Crippen MR) is 131 cm³/mol. The van der Waals surface area contributed by atoms with Crippen LogP contribution in [0.3, 0.4) is 0 Å². The molecule has 1 aromatic carbocycles. The van der Waals surface area contributed by atoms with E-state index in [1.807, 2.05) is 19.3 Å². The Hall–Kier alpha value is -2.30. The molecule has 0 spiro atoms. The van der Waals surface area contributed by atoms with Crippen molar-refractivity contribution in [2.75, 3.05) is 0 Å². The van der Waals surface area contributed by atoms with Crippen LogP contribution in [0.1, 0.15) is 102 Å². The van der Waals surface area contributed by atoms with Crippen molar-refractivity contribution in [2.24, 2.45) is 0 Å². The standard InChI is InChI=1S/C28H39FN2O2/c1-3-5-7-8-9-21-19-30-27(31-20-21)24-13-11-22(12-14-24)23-15-17-25(18-16-23)33-28(32)26(29)10-6-4-2/h11-14,19-20,23,25-26H,3-10,15-18H2,1-2H3/t23?,25?,26-/m0/s1. The predicted octanol–water partition coefficient (Wildman–Crippen LogP) is 7.36. The normalized spacial score (nSPS) is 19.2. The lowest BCUT2D eigenvalue weighted by Gasteiger charge is -2.29. The average molecular weight is 455 g/mol. The Morgan fingerprint density at radius 3 is 2.27 bits per heavy atom. The maximum Gasteiger partial charge on any atom is 0.340 e. The number of benzene rings is 1. The Bertz CT molecular complexity index is 830. The minimum atomic E-state index is -1.48. The SMILES string of the molecule is CCCCCCc1cnc(-c2ccc(C3CCC(OC(=O)[C@@H](F)CCCC)CC3)cc2)nc1. The highest BCUT2D eigenvalue weighted by Crippen LogP contribution is 2.35. The monoisotopic (exact) mass is 454 g/mol. The van der Waals surface area contributed by atoms with E-state index in [1.165, 1.54) is 36.8 Å². The van der Waals surface area contributed by atoms with Gasteiger partial charge >= 0.3 is 5.97 Å². The number of rotatable bonds is 12. The Morgan fingerprint density at radius 1 is 0.970 bits per heavy atom. The molecule has 1 saturated carbocycles. The summed E-state index contributed by atoms with van der Waals surface area (Å²) in [4.78, 5) is 21.1. The molecule has 1 aromatic heterocycles. The van der Waals surface area contributed by atoms with Crippen molar-refractivity contribution >= 4 is 5.97 Å². The van der Waals surface area contributed by atoms with Gasteiger partial charge in [-0.25, -0.2) is 19.2 Å². The maximum atomic E-state index is 13.9. The largest absolute Gasteiger partial charge is 0.460 e. The number of carbonyl (C=O) groups is 1. The van der Waals surface area contributed by atoms with Crippen molar-refractivity contribution in [3.05, 3.63) is 47.8 Å². The number of nitrogens with zero attached hydrogens (tertiary/aromatic N) is 2. The van der Waals surface area contributed by atoms with Crippen LogP contribution in [0.4, 0.5) is 4.39 Å². The Morgan fingerprint density at radius 2 is 1.64 bits per heavy atom. The van der Waals surface area contributed by atoms with Crippen LogP contribution in [0, 0.1) is 0 Å². The summed E-state index contributed by atoms with van der Waals surface area (Å²) in [6.45, 7) is 4.22. The van der Waals surface area contributed by atoms with E-state index in [9.17, 15) is 9.18 Å². The van der Waals surface area contributed by atoms with E-state index in [4.69, 9.17) is 4.74 Å². The summed E-state index contributed by atoms with van der Waals surface area (Å²) in [5.74, 6) is 0.531. The van der Waals surface area contributed by atoms with Crippen LogP contribution < -0.4 is 0 Å². The fourth-order valence-corrected chi connectivity index (χ4v) is 4.55. The first-order valence-corrected chi connectivity index (χ1v) is 12.9. The van der Waals surface area contributed by atoms with E-state index in [-0.39, 0.29) is 12.5 Å². The number of aryl methyl sites for hydroxylation is 1. The van der Waals surface area contributed by atoms with E-state index in [2.05, 4.69) is 41.2 Å². The molecule has 1 fully saturated rings. The van der Waals surface area contributed by atoms with Crippen molar-refractivity contribution < 1.29 is 13.9 Å². The highest BCUT2D eigenvalue weighted by molar-refractivity contribution is 5.74. The lowest BCUT2D eigenvalue weighted by Crippen LogP contribution is -2.28. The van der Waals surface area contributed by atoms with Gasteiger partial charge < -0.3 is 4.74 Å². The van der Waals surface area contributed by atoms with Crippen LogP contribution in [-0.4, -0.2) is 28.2 Å². The number of unbranched alkanes of at least 4 members (excludes halogenated alkanes) is 4. The molecule has 1 aliphatic rings. The van der Waals surface area contributed by atoms with Gasteiger partial charge in [0.15, 0.2) is 12.0 Å². The summed E-state index contributed by atoms with van der Waals surface area (Å²) < 4.78 is 19.3. The lowest BCUT2D eigenvalue weighted by molar-refractivity contribution is -0.157. The molecule has 180 valence electrons. The molecular formula is C28H39FN2O2. The molecule has 1 atom stereocenters. The number of carbonyl (C=O) groups excluding carboxylic acids is 1. The van der Waals surface area contributed by atoms with Crippen LogP contribution in [0.25, 0.3) is 11.4 Å². The van der Waals surface area contributed by atoms with Gasteiger partial charge in [0.05, 0.1) is 0 Å². The number of alkyl halides is 1. The first kappa shape index (κ1) is 25.3. The number of hydrogen-bond donors (Lipinski definition) is 0. The number of halogens is 1. The molecule has 33 heavy (non-hydrogen) atoms. The summed E-state index contributed by atoms with van der Waals surface area (Å²) in [7, 11) is 0. The van der Waals surface area contributed by atoms with Gasteiger partial charge in [0.1, 0.15) is 6.10 Å². The van der Waals surface area contributed by atoms with Crippen molar-refractivity contribution in [1.82, 2.24) is 9.97 Å². The summed E-state index contributed by atoms with van der Waals surface area (Å²) in [6.07, 6.45) is 13.7. The molecule has 1 heterocycles. The van der Waals surface area contributed by atoms with Gasteiger partial charge in [0.25, 0.3) is 0 Å². The molecule has 2 aromatic rings. The highest BCUT2D eigenvalue weighted by atomic mass is 19.1. The third kappa shape index (κ3) is 7.90. The Kier molecular flexibility index (Phi) is 10.3. The molecule has 0 unspecified atom stereocenters. The van der Waals surface area contributed by atoms with E-state index in [1.54, 1.807) is 0 Å². The summed E-state index contributed by atoms with van der Waals surface area (Å²) in [5, 5.41) is 0. The van der Waals surface area contributed by atoms with Crippen LogP contribution in [-0.2, 0) is 16.0 Å². The lowest BCUT2D eigenvalue weighted by atomic mass is 9.82. The number of ether oxygens (including phenoxy) is 1. The van der Waals surface area contributed by atoms with Crippen molar-refractivity contribution in [2.45, 2.75) is 109 Å². The van der Waals surface area contributed by atoms with Gasteiger partial charge in [-0.15, -0.1) is 0 Å². The smallest absolute Gasteiger partial charge is 0.340 e. The number of aromatic nitrogens is 2. The fourth-order valence-electron chi connectivity index (χ4n) is 4.55. The van der Waals surface area contributed by atoms with Crippen molar-refractivity contribution in [1.29, 1.82) is 0 Å². The minimum Gasteiger partial charge on any atom is -0.460 e. The summed E-state index contributed by atoms with van der Waals surface area (Å²) in [6, 6.07) is 8.52. The van der Waals surface area contributed by atoms with Crippen molar-refractivity contribution in [3.8, 4) is 11.4 Å². The Balaban J connectivity index is 1.46. The molecular weight excluding hydrogens is 415 g/mol. The molecule has 1 aliphatic carbocycles. The molecule has 0 saturated heterocycles. The third-order valence-electron chi connectivity index (χ3n) is 6.69. The topological polar surface area (TPSA) is 52.1 Å². The molecule has 0 aliphatic heterocycles. The molecule has 0 radical (unpaired) electrons. The number of hydrogen-bond acceptors (Lipinski definition) is 4. The van der Waals surface area contributed by atoms with E-state index >= 15 is 0 Å². The fraction of sp³-hybridized carbons (Fsp3) is 0.607. The second-order valence-electron chi connectivity index (χ2n) is 9.37. The number of esters is 1. The Labute approximate surface area is 198 Å². The zero-order valence-electron chi connectivity index (χ0n) is 20.3. The zero-order chi connectivity index (χ0) is 23.5. The molecule has 0 amide bonds. The van der Waals surface area contributed by atoms with E-state index in [0.29, 0.717) is 12.3 Å². The average Bonchev–Trinajstić information content (AvgIpc) is 2.86. The minimum absolute atomic E-state index is 0.151. The molecule has 5 heteroatoms. The maximum absolute atomic E-state index is 13.9. The van der Waals surface area contributed by atoms with E-state index < -0.39 is 12.1 Å². The zero-order valence-corrected chi connectivity index (χ0v) is 20.3. The van der Waals surface area contributed by atoms with Gasteiger partial charge in [0.2, 0.25) is 0 Å². The molecule has 3 rings (SSSR count). The molecule has 4 nitrogen and oxygen atoms in total. The first-order chi connectivity index (χ1) is 16.1. The summed E-state index contributed by atoms with van der Waals surface area (Å²) >= 11 is 0. The highest BCUT2D eigenvalue weighted by Gasteiger charge is 2.27. The summed E-state index contributed by atoms with van der Waals surface area (Å²) in [5.41, 5.74) is 3.52. The quantitative estimate of drug-likeness (QED) is 0.248. The molecule has 0 N–H and O–H groups in total. The van der Waals surface area contributed by atoms with Gasteiger partial charge in [-0.3, -0.25) is 0 Å². The molecule has 0 bridgehead atoms. The third-order valence-corrected chi connectivity index (χ3v) is 6.69. The van der Waals surface area contributed by atoms with E-state index in [0.717, 1.165) is 49.9 Å². The van der Waals surface area contributed by atoms with Crippen LogP contribution in [0.2, 0.25) is 0 Å². The van der Waals surface area contributed by atoms with Crippen molar-refractivity contribution in [3.63, 3.8) is 0 Å². The van der Waals surface area contributed by atoms with Gasteiger partial charge in [-0.1, -0.05) is 70.2 Å².